The first-order valence-corrected chi connectivity index (χ1v) is 10.4. The van der Waals surface area contributed by atoms with E-state index in [0.29, 0.717) is 11.4 Å². The molecule has 2 aromatic carbocycles. The number of sulfonamides is 1. The molecule has 1 amide bonds. The van der Waals surface area contributed by atoms with Crippen molar-refractivity contribution in [3.8, 4) is 0 Å². The van der Waals surface area contributed by atoms with Gasteiger partial charge in [0.2, 0.25) is 5.91 Å². The summed E-state index contributed by atoms with van der Waals surface area (Å²) in [4.78, 5) is 23.0. The summed E-state index contributed by atoms with van der Waals surface area (Å²) in [6, 6.07) is 10.2. The summed E-state index contributed by atoms with van der Waals surface area (Å²) in [5.74, 6) is -0.819. The minimum absolute atomic E-state index is 0.0639. The average Bonchev–Trinajstić information content (AvgIpc) is 2.62. The highest BCUT2D eigenvalue weighted by Crippen LogP contribution is 2.29. The van der Waals surface area contributed by atoms with Crippen molar-refractivity contribution in [2.45, 2.75) is 25.7 Å². The molecule has 28 heavy (non-hydrogen) atoms. The molecule has 0 atom stereocenters. The Morgan fingerprint density at radius 2 is 1.75 bits per heavy atom. The Morgan fingerprint density at radius 1 is 1.11 bits per heavy atom. The van der Waals surface area contributed by atoms with Gasteiger partial charge < -0.3 is 10.1 Å². The van der Waals surface area contributed by atoms with Gasteiger partial charge in [0.15, 0.2) is 0 Å². The summed E-state index contributed by atoms with van der Waals surface area (Å²) in [6.45, 7) is 5.11. The number of halogens is 1. The zero-order chi connectivity index (χ0) is 20.9. The van der Waals surface area contributed by atoms with Gasteiger partial charge in [-0.3, -0.25) is 9.10 Å². The standard InChI is InChI=1S/C19H21ClN2O5S/c1-4-22(15-8-11-17(18(20)12-15)19(24)27-5-2)28(25,26)16-9-6-14(7-10-16)21-13(3)23/h6-12H,4-5H2,1-3H3,(H,21,23). The van der Waals surface area contributed by atoms with Crippen molar-refractivity contribution in [2.24, 2.45) is 0 Å². The molecule has 0 radical (unpaired) electrons. The molecule has 0 aliphatic carbocycles. The Balaban J connectivity index is 2.36. The quantitative estimate of drug-likeness (QED) is 0.684. The van der Waals surface area contributed by atoms with Gasteiger partial charge in [0.1, 0.15) is 0 Å². The molecule has 0 spiro atoms. The van der Waals surface area contributed by atoms with Crippen LogP contribution < -0.4 is 9.62 Å². The number of anilines is 2. The number of nitrogens with one attached hydrogen (secondary N) is 1. The number of hydrogen-bond donors (Lipinski definition) is 1. The first-order chi connectivity index (χ1) is 13.2. The second-order valence-electron chi connectivity index (χ2n) is 5.76. The summed E-state index contributed by atoms with van der Waals surface area (Å²) < 4.78 is 32.2. The van der Waals surface area contributed by atoms with E-state index in [2.05, 4.69) is 5.32 Å². The molecule has 0 unspecified atom stereocenters. The predicted octanol–water partition coefficient (Wildman–Crippen LogP) is 3.69. The Labute approximate surface area is 169 Å². The number of rotatable bonds is 7. The van der Waals surface area contributed by atoms with Crippen molar-refractivity contribution >= 4 is 44.9 Å². The molecule has 0 saturated heterocycles. The lowest BCUT2D eigenvalue weighted by Gasteiger charge is -2.23. The highest BCUT2D eigenvalue weighted by atomic mass is 35.5. The van der Waals surface area contributed by atoms with E-state index < -0.39 is 16.0 Å². The monoisotopic (exact) mass is 424 g/mol. The Morgan fingerprint density at radius 3 is 2.25 bits per heavy atom. The molecule has 0 saturated carbocycles. The molecule has 0 heterocycles. The normalized spacial score (nSPS) is 11.0. The van der Waals surface area contributed by atoms with Gasteiger partial charge in [-0.1, -0.05) is 11.6 Å². The van der Waals surface area contributed by atoms with E-state index in [1.54, 1.807) is 13.8 Å². The molecule has 2 aromatic rings. The van der Waals surface area contributed by atoms with Crippen molar-refractivity contribution in [3.63, 3.8) is 0 Å². The van der Waals surface area contributed by atoms with Crippen LogP contribution in [0.5, 0.6) is 0 Å². The van der Waals surface area contributed by atoms with Gasteiger partial charge in [-0.25, -0.2) is 13.2 Å². The summed E-state index contributed by atoms with van der Waals surface area (Å²) in [5.41, 5.74) is 0.989. The van der Waals surface area contributed by atoms with Gasteiger partial charge >= 0.3 is 5.97 Å². The van der Waals surface area contributed by atoms with Crippen molar-refractivity contribution in [3.05, 3.63) is 53.1 Å². The van der Waals surface area contributed by atoms with E-state index in [1.165, 1.54) is 53.7 Å². The molecule has 0 bridgehead atoms. The SMILES string of the molecule is CCOC(=O)c1ccc(N(CC)S(=O)(=O)c2ccc(NC(C)=O)cc2)cc1Cl. The predicted molar refractivity (Wildman–Crippen MR) is 108 cm³/mol. The molecule has 1 N–H and O–H groups in total. The molecule has 7 nitrogen and oxygen atoms in total. The maximum Gasteiger partial charge on any atom is 0.339 e. The van der Waals surface area contributed by atoms with E-state index in [9.17, 15) is 18.0 Å². The molecule has 0 aliphatic heterocycles. The third-order valence-corrected chi connectivity index (χ3v) is 6.02. The Hall–Kier alpha value is -2.58. The van der Waals surface area contributed by atoms with Gasteiger partial charge in [-0.15, -0.1) is 0 Å². The van der Waals surface area contributed by atoms with Crippen LogP contribution in [0, 0.1) is 0 Å². The number of benzene rings is 2. The lowest BCUT2D eigenvalue weighted by Crippen LogP contribution is -2.30. The van der Waals surface area contributed by atoms with Crippen molar-refractivity contribution < 1.29 is 22.7 Å². The lowest BCUT2D eigenvalue weighted by molar-refractivity contribution is -0.114. The van der Waals surface area contributed by atoms with Crippen molar-refractivity contribution in [1.29, 1.82) is 0 Å². The highest BCUT2D eigenvalue weighted by Gasteiger charge is 2.25. The Kier molecular flexibility index (Phi) is 7.04. The molecule has 0 fully saturated rings. The van der Waals surface area contributed by atoms with Gasteiger partial charge in [-0.2, -0.15) is 0 Å². The molecule has 0 aromatic heterocycles. The number of carbonyl (C=O) groups is 2. The summed E-state index contributed by atoms with van der Waals surface area (Å²) in [5, 5.41) is 2.69. The van der Waals surface area contributed by atoms with Gasteiger partial charge in [0.25, 0.3) is 10.0 Å². The zero-order valence-corrected chi connectivity index (χ0v) is 17.3. The van der Waals surface area contributed by atoms with Gasteiger partial charge in [-0.05, 0) is 56.3 Å². The third-order valence-electron chi connectivity index (χ3n) is 3.79. The fraction of sp³-hybridized carbons (Fsp3) is 0.263. The van der Waals surface area contributed by atoms with E-state index in [4.69, 9.17) is 16.3 Å². The van der Waals surface area contributed by atoms with Crippen molar-refractivity contribution in [2.75, 3.05) is 22.8 Å². The minimum atomic E-state index is -3.86. The minimum Gasteiger partial charge on any atom is -0.462 e. The molecule has 9 heteroatoms. The van der Waals surface area contributed by atoms with Crippen LogP contribution in [0.15, 0.2) is 47.4 Å². The van der Waals surface area contributed by atoms with Gasteiger partial charge in [0, 0.05) is 19.2 Å². The van der Waals surface area contributed by atoms with Crippen LogP contribution in [-0.2, 0) is 19.6 Å². The number of ether oxygens (including phenoxy) is 1. The number of hydrogen-bond acceptors (Lipinski definition) is 5. The maximum atomic E-state index is 13.0. The first-order valence-electron chi connectivity index (χ1n) is 8.57. The van der Waals surface area contributed by atoms with Crippen LogP contribution in [0.1, 0.15) is 31.1 Å². The average molecular weight is 425 g/mol. The topological polar surface area (TPSA) is 92.8 Å². The fourth-order valence-electron chi connectivity index (χ4n) is 2.57. The van der Waals surface area contributed by atoms with E-state index in [1.807, 2.05) is 0 Å². The van der Waals surface area contributed by atoms with Crippen LogP contribution in [0.2, 0.25) is 5.02 Å². The first kappa shape index (κ1) is 21.7. The van der Waals surface area contributed by atoms with Crippen LogP contribution in [0.4, 0.5) is 11.4 Å². The van der Waals surface area contributed by atoms with E-state index in [-0.39, 0.29) is 34.5 Å². The molecule has 150 valence electrons. The van der Waals surface area contributed by atoms with Crippen molar-refractivity contribution in [1.82, 2.24) is 0 Å². The molecule has 0 aliphatic rings. The zero-order valence-electron chi connectivity index (χ0n) is 15.7. The molecule has 2 rings (SSSR count). The number of amides is 1. The summed E-state index contributed by atoms with van der Waals surface area (Å²) >= 11 is 6.16. The summed E-state index contributed by atoms with van der Waals surface area (Å²) in [7, 11) is -3.86. The number of nitrogens with zero attached hydrogens (tertiary/aromatic N) is 1. The fourth-order valence-corrected chi connectivity index (χ4v) is 4.28. The Bertz CT molecular complexity index is 974. The number of esters is 1. The highest BCUT2D eigenvalue weighted by molar-refractivity contribution is 7.92. The second kappa shape index (κ2) is 9.07. The molecular weight excluding hydrogens is 404 g/mol. The second-order valence-corrected chi connectivity index (χ2v) is 8.03. The maximum absolute atomic E-state index is 13.0. The largest absolute Gasteiger partial charge is 0.462 e. The van der Waals surface area contributed by atoms with Crippen LogP contribution in [0.25, 0.3) is 0 Å². The van der Waals surface area contributed by atoms with E-state index in [0.717, 1.165) is 0 Å². The lowest BCUT2D eigenvalue weighted by atomic mass is 10.2. The van der Waals surface area contributed by atoms with Crippen LogP contribution in [-0.4, -0.2) is 33.4 Å². The van der Waals surface area contributed by atoms with Crippen LogP contribution >= 0.6 is 11.6 Å². The van der Waals surface area contributed by atoms with E-state index >= 15 is 0 Å². The van der Waals surface area contributed by atoms with Crippen LogP contribution in [0.3, 0.4) is 0 Å². The summed E-state index contributed by atoms with van der Waals surface area (Å²) in [6.07, 6.45) is 0. The van der Waals surface area contributed by atoms with Gasteiger partial charge in [0.05, 0.1) is 27.8 Å². The third kappa shape index (κ3) is 4.82. The smallest absolute Gasteiger partial charge is 0.339 e. The molecular formula is C19H21ClN2O5S. The number of carbonyl (C=O) groups excluding carboxylic acids is 2.